The van der Waals surface area contributed by atoms with E-state index in [1.165, 1.54) is 11.1 Å². The number of aliphatic hydroxyl groups excluding tert-OH is 1. The molecule has 1 aromatic carbocycles. The molecule has 27 heavy (non-hydrogen) atoms. The van der Waals surface area contributed by atoms with Crippen LogP contribution in [0.5, 0.6) is 11.5 Å². The van der Waals surface area contributed by atoms with Gasteiger partial charge in [0.05, 0.1) is 7.11 Å². The summed E-state index contributed by atoms with van der Waals surface area (Å²) >= 11 is 0. The Bertz CT molecular complexity index is 891. The van der Waals surface area contributed by atoms with Crippen LogP contribution in [0.25, 0.3) is 0 Å². The molecule has 8 nitrogen and oxygen atoms in total. The van der Waals surface area contributed by atoms with Gasteiger partial charge in [0.15, 0.2) is 11.5 Å². The first-order valence-corrected chi connectivity index (χ1v) is 10.2. The number of nitrogens with zero attached hydrogens (tertiary/aromatic N) is 1. The number of methoxy groups -OCH3 is 1. The minimum absolute atomic E-state index is 0.0806. The molecule has 1 saturated heterocycles. The van der Waals surface area contributed by atoms with Crippen LogP contribution in [0.4, 0.5) is 0 Å². The fraction of sp³-hybridized carbons (Fsp3) is 0.556. The van der Waals surface area contributed by atoms with E-state index in [2.05, 4.69) is 24.1 Å². The molecule has 2 bridgehead atoms. The maximum absolute atomic E-state index is 10.6. The van der Waals surface area contributed by atoms with E-state index in [0.29, 0.717) is 12.0 Å². The minimum atomic E-state index is -4.67. The maximum atomic E-state index is 10.6. The van der Waals surface area contributed by atoms with Gasteiger partial charge in [-0.05, 0) is 38.1 Å². The van der Waals surface area contributed by atoms with E-state index in [1.807, 2.05) is 12.1 Å². The highest BCUT2D eigenvalue weighted by Crippen LogP contribution is 2.62. The molecule has 5 rings (SSSR count). The lowest BCUT2D eigenvalue weighted by molar-refractivity contribution is -0.0453. The zero-order chi connectivity index (χ0) is 19.6. The number of benzene rings is 1. The summed E-state index contributed by atoms with van der Waals surface area (Å²) in [6.45, 7) is 1.05. The molecule has 1 spiro atoms. The third-order valence-corrected chi connectivity index (χ3v) is 6.35. The Kier molecular flexibility index (Phi) is 4.28. The topological polar surface area (TPSA) is 117 Å². The molecule has 3 N–H and O–H groups in total. The van der Waals surface area contributed by atoms with E-state index in [9.17, 15) is 5.11 Å². The molecule has 2 heterocycles. The second-order valence-corrected chi connectivity index (χ2v) is 8.46. The maximum Gasteiger partial charge on any atom is 0.394 e. The zero-order valence-electron chi connectivity index (χ0n) is 15.1. The first kappa shape index (κ1) is 18.7. The van der Waals surface area contributed by atoms with E-state index in [0.717, 1.165) is 30.9 Å². The molecular weight excluding hydrogens is 374 g/mol. The smallest absolute Gasteiger partial charge is 0.394 e. The van der Waals surface area contributed by atoms with E-state index < -0.39 is 16.5 Å². The highest BCUT2D eigenvalue weighted by atomic mass is 32.3. The van der Waals surface area contributed by atoms with Crippen molar-refractivity contribution in [2.24, 2.45) is 5.92 Å². The summed E-state index contributed by atoms with van der Waals surface area (Å²) in [5.41, 5.74) is 2.60. The van der Waals surface area contributed by atoms with Crippen molar-refractivity contribution in [1.82, 2.24) is 4.90 Å². The van der Waals surface area contributed by atoms with E-state index in [-0.39, 0.29) is 11.5 Å². The fourth-order valence-corrected chi connectivity index (χ4v) is 5.39. The number of piperidine rings is 1. The Morgan fingerprint density at radius 1 is 1.30 bits per heavy atom. The van der Waals surface area contributed by atoms with Crippen LogP contribution in [-0.2, 0) is 22.2 Å². The molecule has 0 radical (unpaired) electrons. The van der Waals surface area contributed by atoms with Crippen LogP contribution in [0.1, 0.15) is 17.5 Å². The number of ether oxygens (including phenoxy) is 2. The average molecular weight is 397 g/mol. The average Bonchev–Trinajstić information content (AvgIpc) is 2.93. The van der Waals surface area contributed by atoms with Gasteiger partial charge in [0.2, 0.25) is 0 Å². The van der Waals surface area contributed by atoms with Gasteiger partial charge in [-0.1, -0.05) is 18.2 Å². The van der Waals surface area contributed by atoms with Crippen molar-refractivity contribution >= 4 is 10.4 Å². The normalized spacial score (nSPS) is 35.6. The van der Waals surface area contributed by atoms with Crippen LogP contribution >= 0.6 is 0 Å². The molecule has 1 fully saturated rings. The van der Waals surface area contributed by atoms with Crippen molar-refractivity contribution in [2.75, 3.05) is 20.7 Å². The molecule has 5 atom stereocenters. The lowest BCUT2D eigenvalue weighted by Gasteiger charge is -2.56. The monoisotopic (exact) mass is 397 g/mol. The van der Waals surface area contributed by atoms with Crippen molar-refractivity contribution in [3.05, 3.63) is 35.4 Å². The standard InChI is InChI=1S/C18H21NO3.H2O4S/c1-19-8-7-18-11-4-5-13(20)17(18)22-16-14(21-2)6-3-10(15(16)18)9-12(11)19;1-5(2,3)4/h3-6,11-13,17,20H,7-9H2,1-2H3;(H2,1,2,3,4)/t11-,12+,13-,17+,18-;/m0./s1. The first-order valence-electron chi connectivity index (χ1n) is 8.80. The number of likely N-dealkylation sites (N-methyl/N-ethyl adjacent to an activating group) is 1. The van der Waals surface area contributed by atoms with Crippen LogP contribution in [0, 0.1) is 5.92 Å². The second kappa shape index (κ2) is 6.18. The van der Waals surface area contributed by atoms with Crippen molar-refractivity contribution < 1.29 is 32.1 Å². The van der Waals surface area contributed by atoms with E-state index >= 15 is 0 Å². The predicted octanol–water partition coefficient (Wildman–Crippen LogP) is 0.848. The molecular formula is C18H23NO7S. The summed E-state index contributed by atoms with van der Waals surface area (Å²) in [7, 11) is -0.760. The summed E-state index contributed by atoms with van der Waals surface area (Å²) in [6.07, 6.45) is 5.54. The van der Waals surface area contributed by atoms with Gasteiger partial charge in [0.1, 0.15) is 12.2 Å². The lowest BCUT2D eigenvalue weighted by Crippen LogP contribution is -2.64. The molecule has 0 amide bonds. The third-order valence-electron chi connectivity index (χ3n) is 6.35. The Balaban J connectivity index is 0.000000323. The summed E-state index contributed by atoms with van der Waals surface area (Å²) < 4.78 is 43.4. The van der Waals surface area contributed by atoms with Crippen LogP contribution in [-0.4, -0.2) is 66.5 Å². The number of likely N-dealkylation sites (tertiary alicyclic amines) is 1. The molecule has 0 saturated carbocycles. The lowest BCUT2D eigenvalue weighted by atomic mass is 9.53. The van der Waals surface area contributed by atoms with Gasteiger partial charge in [0, 0.05) is 22.9 Å². The van der Waals surface area contributed by atoms with E-state index in [4.69, 9.17) is 27.0 Å². The molecule has 0 aromatic heterocycles. The van der Waals surface area contributed by atoms with Crippen molar-refractivity contribution in [2.45, 2.75) is 36.5 Å². The summed E-state index contributed by atoms with van der Waals surface area (Å²) in [5, 5.41) is 10.6. The molecule has 148 valence electrons. The van der Waals surface area contributed by atoms with E-state index in [1.54, 1.807) is 7.11 Å². The van der Waals surface area contributed by atoms with Gasteiger partial charge < -0.3 is 19.5 Å². The Morgan fingerprint density at radius 3 is 2.67 bits per heavy atom. The first-order chi connectivity index (χ1) is 12.7. The van der Waals surface area contributed by atoms with Crippen molar-refractivity contribution in [1.29, 1.82) is 0 Å². The van der Waals surface area contributed by atoms with Gasteiger partial charge >= 0.3 is 10.4 Å². The Hall–Kier alpha value is -1.65. The highest BCUT2D eigenvalue weighted by Gasteiger charge is 2.64. The molecule has 4 aliphatic rings. The Labute approximate surface area is 158 Å². The van der Waals surface area contributed by atoms with Crippen molar-refractivity contribution in [3.8, 4) is 11.5 Å². The summed E-state index contributed by atoms with van der Waals surface area (Å²) in [4.78, 5) is 2.47. The molecule has 9 heteroatoms. The van der Waals surface area contributed by atoms with Crippen LogP contribution in [0.2, 0.25) is 0 Å². The quantitative estimate of drug-likeness (QED) is 0.472. The summed E-state index contributed by atoms with van der Waals surface area (Å²) in [6, 6.07) is 4.70. The van der Waals surface area contributed by atoms with Gasteiger partial charge in [0.25, 0.3) is 0 Å². The number of rotatable bonds is 1. The number of hydrogen-bond acceptors (Lipinski definition) is 6. The molecule has 0 unspecified atom stereocenters. The largest absolute Gasteiger partial charge is 0.493 e. The predicted molar refractivity (Wildman–Crippen MR) is 96.6 cm³/mol. The van der Waals surface area contributed by atoms with Gasteiger partial charge in [-0.25, -0.2) is 0 Å². The van der Waals surface area contributed by atoms with Crippen LogP contribution in [0.15, 0.2) is 24.3 Å². The van der Waals surface area contributed by atoms with Crippen LogP contribution < -0.4 is 9.47 Å². The third kappa shape index (κ3) is 2.76. The minimum Gasteiger partial charge on any atom is -0.493 e. The highest BCUT2D eigenvalue weighted by molar-refractivity contribution is 7.79. The molecule has 2 aliphatic carbocycles. The summed E-state index contributed by atoms with van der Waals surface area (Å²) in [5.74, 6) is 2.09. The fourth-order valence-electron chi connectivity index (χ4n) is 5.39. The SMILES string of the molecule is COc1ccc2c3c1O[C@@H]1[C@@H](O)C=C[C@H]4[C@@H](C2)N(C)CC[C@]314.O=S(=O)(O)O. The van der Waals surface area contributed by atoms with Gasteiger partial charge in [-0.3, -0.25) is 9.11 Å². The van der Waals surface area contributed by atoms with Crippen molar-refractivity contribution in [3.63, 3.8) is 0 Å². The van der Waals surface area contributed by atoms with Gasteiger partial charge in [-0.2, -0.15) is 8.42 Å². The molecule has 1 aromatic rings. The molecule has 2 aliphatic heterocycles. The van der Waals surface area contributed by atoms with Crippen LogP contribution in [0.3, 0.4) is 0 Å². The van der Waals surface area contributed by atoms with Gasteiger partial charge in [-0.15, -0.1) is 0 Å². The Morgan fingerprint density at radius 2 is 2.00 bits per heavy atom. The number of hydrogen-bond donors (Lipinski definition) is 3. The number of aliphatic hydroxyl groups is 1. The second-order valence-electron chi connectivity index (χ2n) is 7.56. The zero-order valence-corrected chi connectivity index (χ0v) is 15.9.